The van der Waals surface area contributed by atoms with Crippen molar-refractivity contribution in [2.45, 2.75) is 20.1 Å². The lowest BCUT2D eigenvalue weighted by molar-refractivity contribution is 0.0950. The summed E-state index contributed by atoms with van der Waals surface area (Å²) in [5, 5.41) is 8.11. The van der Waals surface area contributed by atoms with Crippen LogP contribution in [-0.4, -0.2) is 15.7 Å². The summed E-state index contributed by atoms with van der Waals surface area (Å²) in [6, 6.07) is 12.8. The number of amides is 1. The maximum absolute atomic E-state index is 12.4. The SMILES string of the molecule is Cc1cc(Cl)ccc1OCc1cccc(C(=O)NCc2c(Cl)cnn2C)c1. The molecule has 27 heavy (non-hydrogen) atoms. The topological polar surface area (TPSA) is 56.1 Å². The fourth-order valence-electron chi connectivity index (χ4n) is 2.64. The molecule has 1 N–H and O–H groups in total. The van der Waals surface area contributed by atoms with Gasteiger partial charge in [-0.1, -0.05) is 35.3 Å². The summed E-state index contributed by atoms with van der Waals surface area (Å²) in [4.78, 5) is 12.4. The number of nitrogens with zero attached hydrogens (tertiary/aromatic N) is 2. The van der Waals surface area contributed by atoms with E-state index in [9.17, 15) is 4.79 Å². The highest BCUT2D eigenvalue weighted by Gasteiger charge is 2.11. The fourth-order valence-corrected chi connectivity index (χ4v) is 3.10. The Labute approximate surface area is 167 Å². The average Bonchev–Trinajstić information content (AvgIpc) is 2.97. The molecule has 140 valence electrons. The van der Waals surface area contributed by atoms with Gasteiger partial charge in [0.1, 0.15) is 12.4 Å². The summed E-state index contributed by atoms with van der Waals surface area (Å²) < 4.78 is 7.48. The number of nitrogens with one attached hydrogen (secondary N) is 1. The Bertz CT molecular complexity index is 950. The summed E-state index contributed by atoms with van der Waals surface area (Å²) in [6.45, 7) is 2.60. The third-order valence-corrected chi connectivity index (χ3v) is 4.70. The van der Waals surface area contributed by atoms with Gasteiger partial charge in [0.05, 0.1) is 23.5 Å². The zero-order valence-electron chi connectivity index (χ0n) is 15.0. The van der Waals surface area contributed by atoms with Gasteiger partial charge in [-0.2, -0.15) is 5.10 Å². The van der Waals surface area contributed by atoms with E-state index in [1.54, 1.807) is 30.1 Å². The Hall–Kier alpha value is -2.50. The normalized spacial score (nSPS) is 10.7. The van der Waals surface area contributed by atoms with Crippen molar-refractivity contribution in [1.82, 2.24) is 15.1 Å². The zero-order valence-corrected chi connectivity index (χ0v) is 16.5. The highest BCUT2D eigenvalue weighted by atomic mass is 35.5. The van der Waals surface area contributed by atoms with E-state index in [1.807, 2.05) is 37.3 Å². The van der Waals surface area contributed by atoms with E-state index in [0.717, 1.165) is 22.6 Å². The highest BCUT2D eigenvalue weighted by molar-refractivity contribution is 6.31. The smallest absolute Gasteiger partial charge is 0.251 e. The van der Waals surface area contributed by atoms with Crippen LogP contribution < -0.4 is 10.1 Å². The number of aromatic nitrogens is 2. The van der Waals surface area contributed by atoms with Crippen LogP contribution in [0.5, 0.6) is 5.75 Å². The van der Waals surface area contributed by atoms with Crippen LogP contribution in [0, 0.1) is 6.92 Å². The van der Waals surface area contributed by atoms with E-state index in [0.29, 0.717) is 28.8 Å². The van der Waals surface area contributed by atoms with Gasteiger partial charge < -0.3 is 10.1 Å². The molecule has 0 saturated carbocycles. The summed E-state index contributed by atoms with van der Waals surface area (Å²) in [5.74, 6) is 0.580. The molecule has 0 atom stereocenters. The molecule has 0 radical (unpaired) electrons. The molecule has 1 heterocycles. The number of hydrogen-bond donors (Lipinski definition) is 1. The van der Waals surface area contributed by atoms with Crippen molar-refractivity contribution in [2.75, 3.05) is 0 Å². The molecule has 0 bridgehead atoms. The minimum absolute atomic E-state index is 0.184. The van der Waals surface area contributed by atoms with Gasteiger partial charge >= 0.3 is 0 Å². The minimum atomic E-state index is -0.184. The molecule has 3 aromatic rings. The van der Waals surface area contributed by atoms with E-state index < -0.39 is 0 Å². The van der Waals surface area contributed by atoms with Crippen molar-refractivity contribution >= 4 is 29.1 Å². The van der Waals surface area contributed by atoms with Gasteiger partial charge in [0.15, 0.2) is 0 Å². The Kier molecular flexibility index (Phi) is 6.04. The summed E-state index contributed by atoms with van der Waals surface area (Å²) >= 11 is 12.0. The fraction of sp³-hybridized carbons (Fsp3) is 0.200. The van der Waals surface area contributed by atoms with Crippen LogP contribution in [0.15, 0.2) is 48.7 Å². The molecule has 0 aliphatic carbocycles. The number of carbonyl (C=O) groups is 1. The summed E-state index contributed by atoms with van der Waals surface area (Å²) in [7, 11) is 1.78. The van der Waals surface area contributed by atoms with Gasteiger partial charge in [-0.15, -0.1) is 0 Å². The molecule has 0 spiro atoms. The van der Waals surface area contributed by atoms with Crippen LogP contribution in [0.3, 0.4) is 0 Å². The molecule has 0 saturated heterocycles. The predicted octanol–water partition coefficient (Wildman–Crippen LogP) is 4.54. The van der Waals surface area contributed by atoms with Gasteiger partial charge in [0.25, 0.3) is 5.91 Å². The molecule has 0 unspecified atom stereocenters. The molecule has 0 aliphatic heterocycles. The van der Waals surface area contributed by atoms with Crippen molar-refractivity contribution in [3.8, 4) is 5.75 Å². The molecule has 0 aliphatic rings. The van der Waals surface area contributed by atoms with Gasteiger partial charge in [-0.3, -0.25) is 9.48 Å². The van der Waals surface area contributed by atoms with Crippen LogP contribution in [-0.2, 0) is 20.2 Å². The lowest BCUT2D eigenvalue weighted by Gasteiger charge is -2.11. The largest absolute Gasteiger partial charge is 0.489 e. The average molecular weight is 404 g/mol. The molecule has 3 rings (SSSR count). The first kappa shape index (κ1) is 19.3. The van der Waals surface area contributed by atoms with Gasteiger partial charge in [0, 0.05) is 17.6 Å². The molecule has 1 aromatic heterocycles. The van der Waals surface area contributed by atoms with E-state index in [1.165, 1.54) is 0 Å². The first-order valence-electron chi connectivity index (χ1n) is 8.36. The number of benzene rings is 2. The van der Waals surface area contributed by atoms with E-state index in [2.05, 4.69) is 10.4 Å². The second-order valence-electron chi connectivity index (χ2n) is 6.14. The van der Waals surface area contributed by atoms with Crippen molar-refractivity contribution < 1.29 is 9.53 Å². The van der Waals surface area contributed by atoms with Crippen molar-refractivity contribution in [3.63, 3.8) is 0 Å². The van der Waals surface area contributed by atoms with Crippen LogP contribution >= 0.6 is 23.2 Å². The van der Waals surface area contributed by atoms with Gasteiger partial charge in [0.2, 0.25) is 0 Å². The Morgan fingerprint density at radius 3 is 2.74 bits per heavy atom. The van der Waals surface area contributed by atoms with Crippen molar-refractivity contribution in [2.24, 2.45) is 7.05 Å². The number of ether oxygens (including phenoxy) is 1. The number of rotatable bonds is 6. The molecular weight excluding hydrogens is 385 g/mol. The summed E-state index contributed by atoms with van der Waals surface area (Å²) in [5.41, 5.74) is 3.17. The van der Waals surface area contributed by atoms with Gasteiger partial charge in [-0.25, -0.2) is 0 Å². The Morgan fingerprint density at radius 1 is 1.22 bits per heavy atom. The Morgan fingerprint density at radius 2 is 2.04 bits per heavy atom. The number of aryl methyl sites for hydroxylation is 2. The van der Waals surface area contributed by atoms with E-state index in [4.69, 9.17) is 27.9 Å². The van der Waals surface area contributed by atoms with Crippen molar-refractivity contribution in [1.29, 1.82) is 0 Å². The molecule has 7 heteroatoms. The minimum Gasteiger partial charge on any atom is -0.489 e. The standard InChI is InChI=1S/C20H19Cl2N3O2/c1-13-8-16(21)6-7-19(13)27-12-14-4-3-5-15(9-14)20(26)23-11-18-17(22)10-24-25(18)2/h3-10H,11-12H2,1-2H3,(H,23,26). The molecule has 5 nitrogen and oxygen atoms in total. The summed E-state index contributed by atoms with van der Waals surface area (Å²) in [6.07, 6.45) is 1.56. The van der Waals surface area contributed by atoms with E-state index >= 15 is 0 Å². The predicted molar refractivity (Wildman–Crippen MR) is 106 cm³/mol. The third kappa shape index (κ3) is 4.81. The number of hydrogen-bond acceptors (Lipinski definition) is 3. The van der Waals surface area contributed by atoms with Crippen LogP contribution in [0.2, 0.25) is 10.0 Å². The van der Waals surface area contributed by atoms with Crippen LogP contribution in [0.4, 0.5) is 0 Å². The monoisotopic (exact) mass is 403 g/mol. The maximum atomic E-state index is 12.4. The molecular formula is C20H19Cl2N3O2. The third-order valence-electron chi connectivity index (χ3n) is 4.15. The first-order chi connectivity index (χ1) is 12.9. The van der Waals surface area contributed by atoms with Crippen LogP contribution in [0.25, 0.3) is 0 Å². The molecule has 1 amide bonds. The van der Waals surface area contributed by atoms with Crippen molar-refractivity contribution in [3.05, 3.63) is 81.1 Å². The lowest BCUT2D eigenvalue weighted by atomic mass is 10.1. The molecule has 0 fully saturated rings. The Balaban J connectivity index is 1.63. The van der Waals surface area contributed by atoms with Crippen LogP contribution in [0.1, 0.15) is 27.2 Å². The number of carbonyl (C=O) groups excluding carboxylic acids is 1. The maximum Gasteiger partial charge on any atom is 0.251 e. The zero-order chi connectivity index (χ0) is 19.4. The second-order valence-corrected chi connectivity index (χ2v) is 6.99. The first-order valence-corrected chi connectivity index (χ1v) is 9.12. The second kappa shape index (κ2) is 8.46. The lowest BCUT2D eigenvalue weighted by Crippen LogP contribution is -2.24. The van der Waals surface area contributed by atoms with E-state index in [-0.39, 0.29) is 5.91 Å². The quantitative estimate of drug-likeness (QED) is 0.656. The number of halogens is 2. The highest BCUT2D eigenvalue weighted by Crippen LogP contribution is 2.23. The molecule has 2 aromatic carbocycles. The van der Waals surface area contributed by atoms with Gasteiger partial charge in [-0.05, 0) is 48.4 Å².